The summed E-state index contributed by atoms with van der Waals surface area (Å²) in [5, 5.41) is 2.91. The molecule has 4 aromatic rings. The first kappa shape index (κ1) is 23.6. The van der Waals surface area contributed by atoms with Gasteiger partial charge in [0.2, 0.25) is 5.91 Å². The molecular weight excluding hydrogens is 453 g/mol. The van der Waals surface area contributed by atoms with Crippen molar-refractivity contribution in [2.45, 2.75) is 20.0 Å². The lowest BCUT2D eigenvalue weighted by atomic mass is 10.1. The van der Waals surface area contributed by atoms with Crippen LogP contribution in [-0.4, -0.2) is 27.6 Å². The van der Waals surface area contributed by atoms with E-state index in [0.717, 1.165) is 4.57 Å². The summed E-state index contributed by atoms with van der Waals surface area (Å²) in [7, 11) is 0. The van der Waals surface area contributed by atoms with Crippen molar-refractivity contribution in [1.82, 2.24) is 9.13 Å². The first-order chi connectivity index (χ1) is 16.9. The standard InChI is InChI=1S/C26H22FN3O5/c1-2-35-25(33)19-7-3-5-9-21(19)28-23(31)16-29-22-10-6-4-8-20(22)24(32)30(26(29)34)15-17-11-13-18(27)14-12-17/h3-14H,2,15-16H2,1H3,(H,28,31). The minimum Gasteiger partial charge on any atom is -0.462 e. The number of rotatable bonds is 7. The van der Waals surface area contributed by atoms with E-state index in [4.69, 9.17) is 4.74 Å². The number of carbonyl (C=O) groups excluding carboxylic acids is 2. The third-order valence-electron chi connectivity index (χ3n) is 5.38. The van der Waals surface area contributed by atoms with E-state index in [1.165, 1.54) is 34.9 Å². The fraction of sp³-hybridized carbons (Fsp3) is 0.154. The van der Waals surface area contributed by atoms with Crippen molar-refractivity contribution in [3.05, 3.63) is 111 Å². The number of hydrogen-bond acceptors (Lipinski definition) is 5. The van der Waals surface area contributed by atoms with Gasteiger partial charge in [-0.25, -0.2) is 14.0 Å². The molecule has 0 saturated heterocycles. The lowest BCUT2D eigenvalue weighted by molar-refractivity contribution is -0.116. The molecule has 0 radical (unpaired) electrons. The zero-order chi connectivity index (χ0) is 24.9. The van der Waals surface area contributed by atoms with Gasteiger partial charge in [-0.05, 0) is 48.9 Å². The third-order valence-corrected chi connectivity index (χ3v) is 5.38. The van der Waals surface area contributed by atoms with Gasteiger partial charge in [-0.2, -0.15) is 0 Å². The lowest BCUT2D eigenvalue weighted by Crippen LogP contribution is -2.42. The summed E-state index contributed by atoms with van der Waals surface area (Å²) in [6, 6.07) is 18.3. The number of amides is 1. The maximum Gasteiger partial charge on any atom is 0.340 e. The first-order valence-electron chi connectivity index (χ1n) is 10.9. The van der Waals surface area contributed by atoms with Gasteiger partial charge in [0.25, 0.3) is 5.56 Å². The molecule has 1 heterocycles. The molecule has 0 aliphatic heterocycles. The minimum atomic E-state index is -0.688. The van der Waals surface area contributed by atoms with Crippen LogP contribution in [0.4, 0.5) is 10.1 Å². The molecule has 0 unspecified atom stereocenters. The molecule has 35 heavy (non-hydrogen) atoms. The quantitative estimate of drug-likeness (QED) is 0.414. The van der Waals surface area contributed by atoms with Crippen molar-refractivity contribution in [2.75, 3.05) is 11.9 Å². The van der Waals surface area contributed by atoms with Crippen molar-refractivity contribution in [2.24, 2.45) is 0 Å². The normalized spacial score (nSPS) is 10.8. The number of hydrogen-bond donors (Lipinski definition) is 1. The Morgan fingerprint density at radius 2 is 1.60 bits per heavy atom. The molecule has 3 aromatic carbocycles. The molecule has 0 spiro atoms. The largest absolute Gasteiger partial charge is 0.462 e. The van der Waals surface area contributed by atoms with Gasteiger partial charge in [-0.15, -0.1) is 0 Å². The number of carbonyl (C=O) groups is 2. The Bertz CT molecular complexity index is 1520. The van der Waals surface area contributed by atoms with Gasteiger partial charge < -0.3 is 10.1 Å². The average Bonchev–Trinajstić information content (AvgIpc) is 2.86. The fourth-order valence-electron chi connectivity index (χ4n) is 3.75. The van der Waals surface area contributed by atoms with Crippen molar-refractivity contribution < 1.29 is 18.7 Å². The van der Waals surface area contributed by atoms with Gasteiger partial charge in [-0.3, -0.25) is 18.7 Å². The molecule has 1 amide bonds. The Balaban J connectivity index is 1.71. The Morgan fingerprint density at radius 1 is 0.914 bits per heavy atom. The highest BCUT2D eigenvalue weighted by Crippen LogP contribution is 2.17. The second kappa shape index (κ2) is 10.2. The van der Waals surface area contributed by atoms with E-state index >= 15 is 0 Å². The Labute approximate surface area is 199 Å². The van der Waals surface area contributed by atoms with Crippen LogP contribution in [0.1, 0.15) is 22.8 Å². The third kappa shape index (κ3) is 5.03. The zero-order valence-electron chi connectivity index (χ0n) is 18.9. The predicted molar refractivity (Wildman–Crippen MR) is 129 cm³/mol. The van der Waals surface area contributed by atoms with Gasteiger partial charge in [-0.1, -0.05) is 36.4 Å². The number of anilines is 1. The molecule has 9 heteroatoms. The number of ether oxygens (including phenoxy) is 1. The predicted octanol–water partition coefficient (Wildman–Crippen LogP) is 3.17. The Hall–Kier alpha value is -4.53. The van der Waals surface area contributed by atoms with Crippen LogP contribution in [0.2, 0.25) is 0 Å². The molecule has 1 N–H and O–H groups in total. The van der Waals surface area contributed by atoms with Crippen LogP contribution in [0.5, 0.6) is 0 Å². The van der Waals surface area contributed by atoms with Crippen molar-refractivity contribution >= 4 is 28.5 Å². The molecular formula is C26H22FN3O5. The Morgan fingerprint density at radius 3 is 2.34 bits per heavy atom. The van der Waals surface area contributed by atoms with Crippen LogP contribution in [-0.2, 0) is 22.6 Å². The van der Waals surface area contributed by atoms with Gasteiger partial charge in [0.1, 0.15) is 12.4 Å². The number of nitrogens with one attached hydrogen (secondary N) is 1. The second-order valence-electron chi connectivity index (χ2n) is 7.72. The average molecular weight is 475 g/mol. The molecule has 0 aliphatic carbocycles. The van der Waals surface area contributed by atoms with E-state index < -0.39 is 35.5 Å². The van der Waals surface area contributed by atoms with Crippen LogP contribution in [0.3, 0.4) is 0 Å². The van der Waals surface area contributed by atoms with Crippen LogP contribution < -0.4 is 16.6 Å². The molecule has 0 saturated carbocycles. The van der Waals surface area contributed by atoms with E-state index in [1.807, 2.05) is 0 Å². The summed E-state index contributed by atoms with van der Waals surface area (Å²) < 4.78 is 20.5. The van der Waals surface area contributed by atoms with Crippen molar-refractivity contribution in [1.29, 1.82) is 0 Å². The first-order valence-corrected chi connectivity index (χ1v) is 10.9. The Kier molecular flexibility index (Phi) is 6.86. The molecule has 178 valence electrons. The summed E-state index contributed by atoms with van der Waals surface area (Å²) in [5.41, 5.74) is 0.0761. The highest BCUT2D eigenvalue weighted by molar-refractivity contribution is 6.01. The SMILES string of the molecule is CCOC(=O)c1ccccc1NC(=O)Cn1c(=O)n(Cc2ccc(F)cc2)c(=O)c2ccccc21. The van der Waals surface area contributed by atoms with E-state index in [-0.39, 0.29) is 29.8 Å². The van der Waals surface area contributed by atoms with Crippen LogP contribution in [0.25, 0.3) is 10.9 Å². The molecule has 0 atom stereocenters. The fourth-order valence-corrected chi connectivity index (χ4v) is 3.75. The van der Waals surface area contributed by atoms with Crippen molar-refractivity contribution in [3.8, 4) is 0 Å². The van der Waals surface area contributed by atoms with Crippen LogP contribution in [0.15, 0.2) is 82.4 Å². The molecule has 8 nitrogen and oxygen atoms in total. The highest BCUT2D eigenvalue weighted by atomic mass is 19.1. The summed E-state index contributed by atoms with van der Waals surface area (Å²) in [4.78, 5) is 51.5. The van der Waals surface area contributed by atoms with Gasteiger partial charge in [0.15, 0.2) is 0 Å². The number of aromatic nitrogens is 2. The summed E-state index contributed by atoms with van der Waals surface area (Å²) >= 11 is 0. The maximum atomic E-state index is 13.3. The summed E-state index contributed by atoms with van der Waals surface area (Å²) in [5.74, 6) is -1.59. The van der Waals surface area contributed by atoms with E-state index in [2.05, 4.69) is 5.32 Å². The molecule has 0 fully saturated rings. The number of fused-ring (bicyclic) bond motifs is 1. The topological polar surface area (TPSA) is 99.4 Å². The second-order valence-corrected chi connectivity index (χ2v) is 7.72. The minimum absolute atomic E-state index is 0.0872. The van der Waals surface area contributed by atoms with E-state index in [1.54, 1.807) is 49.4 Å². The van der Waals surface area contributed by atoms with Crippen LogP contribution in [0, 0.1) is 5.82 Å². The van der Waals surface area contributed by atoms with E-state index in [0.29, 0.717) is 11.1 Å². The van der Waals surface area contributed by atoms with Crippen molar-refractivity contribution in [3.63, 3.8) is 0 Å². The van der Waals surface area contributed by atoms with E-state index in [9.17, 15) is 23.6 Å². The number of halogens is 1. The van der Waals surface area contributed by atoms with Gasteiger partial charge in [0.05, 0.1) is 35.3 Å². The lowest BCUT2D eigenvalue weighted by Gasteiger charge is -2.15. The van der Waals surface area contributed by atoms with Crippen LogP contribution >= 0.6 is 0 Å². The zero-order valence-corrected chi connectivity index (χ0v) is 18.9. The number of benzene rings is 3. The number of esters is 1. The number of para-hydroxylation sites is 2. The van der Waals surface area contributed by atoms with Gasteiger partial charge >= 0.3 is 11.7 Å². The van der Waals surface area contributed by atoms with Gasteiger partial charge in [0, 0.05) is 0 Å². The molecule has 4 rings (SSSR count). The molecule has 0 bridgehead atoms. The highest BCUT2D eigenvalue weighted by Gasteiger charge is 2.18. The summed E-state index contributed by atoms with van der Waals surface area (Å²) in [6.07, 6.45) is 0. The monoisotopic (exact) mass is 475 g/mol. The number of nitrogens with zero attached hydrogens (tertiary/aromatic N) is 2. The summed E-state index contributed by atoms with van der Waals surface area (Å²) in [6.45, 7) is 1.37. The maximum absolute atomic E-state index is 13.3. The molecule has 0 aliphatic rings. The molecule has 1 aromatic heterocycles. The smallest absolute Gasteiger partial charge is 0.340 e.